The van der Waals surface area contributed by atoms with Crippen molar-refractivity contribution in [1.82, 2.24) is 19.8 Å². The van der Waals surface area contributed by atoms with E-state index < -0.39 is 0 Å². The number of nitriles is 1. The average Bonchev–Trinajstić information content (AvgIpc) is 2.92. The topological polar surface area (TPSA) is 73.1 Å². The molecule has 6 nitrogen and oxygen atoms in total. The van der Waals surface area contributed by atoms with Crippen LogP contribution in [0.15, 0.2) is 36.9 Å². The van der Waals surface area contributed by atoms with Gasteiger partial charge in [0.15, 0.2) is 0 Å². The Morgan fingerprint density at radius 3 is 2.82 bits per heavy atom. The van der Waals surface area contributed by atoms with Crippen molar-refractivity contribution in [3.63, 3.8) is 0 Å². The standard InChI is InChI=1S/C21H24FN5O/c1-16(28)27(13-17-11-24-15-25-12-17)21-3-2-7-26(8-6-21)14-19-9-20(22)5-4-18(19)10-23/h4-5,9,11-12,15,21H,2-3,6-8,13-14H2,1H3/t21-/m0/s1. The number of likely N-dealkylation sites (tertiary alicyclic amines) is 1. The summed E-state index contributed by atoms with van der Waals surface area (Å²) in [6.07, 6.45) is 7.64. The largest absolute Gasteiger partial charge is 0.335 e. The predicted octanol–water partition coefficient (Wildman–Crippen LogP) is 2.89. The van der Waals surface area contributed by atoms with Crippen LogP contribution < -0.4 is 0 Å². The molecule has 0 saturated carbocycles. The highest BCUT2D eigenvalue weighted by Gasteiger charge is 2.25. The molecule has 146 valence electrons. The zero-order valence-electron chi connectivity index (χ0n) is 16.0. The maximum Gasteiger partial charge on any atom is 0.219 e. The van der Waals surface area contributed by atoms with Crippen molar-refractivity contribution in [2.75, 3.05) is 13.1 Å². The second-order valence-corrected chi connectivity index (χ2v) is 7.17. The molecule has 28 heavy (non-hydrogen) atoms. The fraction of sp³-hybridized carbons (Fsp3) is 0.429. The Bertz CT molecular complexity index is 852. The minimum atomic E-state index is -0.325. The molecule has 1 aliphatic heterocycles. The number of carbonyl (C=O) groups excluding carboxylic acids is 1. The van der Waals surface area contributed by atoms with Crippen molar-refractivity contribution in [3.05, 3.63) is 59.4 Å². The molecule has 1 aliphatic rings. The monoisotopic (exact) mass is 381 g/mol. The second-order valence-electron chi connectivity index (χ2n) is 7.17. The van der Waals surface area contributed by atoms with E-state index in [1.807, 2.05) is 4.90 Å². The first kappa shape index (κ1) is 19.9. The summed E-state index contributed by atoms with van der Waals surface area (Å²) in [5.41, 5.74) is 2.14. The highest BCUT2D eigenvalue weighted by Crippen LogP contribution is 2.21. The van der Waals surface area contributed by atoms with Crippen molar-refractivity contribution in [2.24, 2.45) is 0 Å². The number of aromatic nitrogens is 2. The summed E-state index contributed by atoms with van der Waals surface area (Å²) in [5.74, 6) is -0.284. The molecule has 1 fully saturated rings. The summed E-state index contributed by atoms with van der Waals surface area (Å²) in [5, 5.41) is 9.27. The van der Waals surface area contributed by atoms with Crippen LogP contribution in [0.3, 0.4) is 0 Å². The minimum Gasteiger partial charge on any atom is -0.335 e. The molecule has 2 heterocycles. The molecule has 7 heteroatoms. The van der Waals surface area contributed by atoms with E-state index in [1.54, 1.807) is 19.3 Å². The Labute approximate surface area is 164 Å². The van der Waals surface area contributed by atoms with Crippen molar-refractivity contribution in [1.29, 1.82) is 5.26 Å². The summed E-state index contributed by atoms with van der Waals surface area (Å²) in [4.78, 5) is 24.4. The van der Waals surface area contributed by atoms with Gasteiger partial charge in [0.2, 0.25) is 5.91 Å². The normalized spacial score (nSPS) is 17.5. The van der Waals surface area contributed by atoms with E-state index in [9.17, 15) is 14.4 Å². The molecule has 1 atom stereocenters. The van der Waals surface area contributed by atoms with Gasteiger partial charge < -0.3 is 4.90 Å². The number of amides is 1. The average molecular weight is 381 g/mol. The van der Waals surface area contributed by atoms with Crippen LogP contribution >= 0.6 is 0 Å². The van der Waals surface area contributed by atoms with Crippen molar-refractivity contribution >= 4 is 5.91 Å². The number of carbonyl (C=O) groups is 1. The van der Waals surface area contributed by atoms with E-state index in [2.05, 4.69) is 20.9 Å². The molecule has 1 amide bonds. The fourth-order valence-electron chi connectivity index (χ4n) is 3.76. The molecule has 0 unspecified atom stereocenters. The third-order valence-electron chi connectivity index (χ3n) is 5.18. The van der Waals surface area contributed by atoms with Crippen LogP contribution in [0.1, 0.15) is 42.9 Å². The van der Waals surface area contributed by atoms with E-state index in [0.717, 1.165) is 37.9 Å². The van der Waals surface area contributed by atoms with Crippen LogP contribution in [0.4, 0.5) is 4.39 Å². The van der Waals surface area contributed by atoms with Gasteiger partial charge in [0, 0.05) is 50.6 Å². The molecule has 0 N–H and O–H groups in total. The minimum absolute atomic E-state index is 0.0409. The maximum absolute atomic E-state index is 13.6. The van der Waals surface area contributed by atoms with Gasteiger partial charge in [-0.05, 0) is 49.6 Å². The van der Waals surface area contributed by atoms with Gasteiger partial charge in [-0.15, -0.1) is 0 Å². The summed E-state index contributed by atoms with van der Waals surface area (Å²) in [6.45, 7) is 4.29. The van der Waals surface area contributed by atoms with E-state index in [0.29, 0.717) is 24.2 Å². The first-order valence-corrected chi connectivity index (χ1v) is 9.49. The van der Waals surface area contributed by atoms with Crippen LogP contribution in [0.2, 0.25) is 0 Å². The van der Waals surface area contributed by atoms with E-state index >= 15 is 0 Å². The van der Waals surface area contributed by atoms with Gasteiger partial charge >= 0.3 is 0 Å². The van der Waals surface area contributed by atoms with Gasteiger partial charge in [0.1, 0.15) is 12.1 Å². The molecule has 0 aliphatic carbocycles. The van der Waals surface area contributed by atoms with E-state index in [1.165, 1.54) is 24.5 Å². The lowest BCUT2D eigenvalue weighted by atomic mass is 10.1. The van der Waals surface area contributed by atoms with E-state index in [-0.39, 0.29) is 17.8 Å². The molecule has 1 saturated heterocycles. The van der Waals surface area contributed by atoms with Gasteiger partial charge in [-0.1, -0.05) is 0 Å². The predicted molar refractivity (Wildman–Crippen MR) is 102 cm³/mol. The second kappa shape index (κ2) is 9.38. The molecule has 0 radical (unpaired) electrons. The van der Waals surface area contributed by atoms with Crippen LogP contribution in [-0.4, -0.2) is 44.8 Å². The Hall–Kier alpha value is -2.85. The van der Waals surface area contributed by atoms with Gasteiger partial charge in [-0.2, -0.15) is 5.26 Å². The number of halogens is 1. The number of hydrogen-bond acceptors (Lipinski definition) is 5. The lowest BCUT2D eigenvalue weighted by molar-refractivity contribution is -0.132. The molecule has 0 bridgehead atoms. The third kappa shape index (κ3) is 5.11. The molecule has 1 aromatic carbocycles. The maximum atomic E-state index is 13.6. The summed E-state index contributed by atoms with van der Waals surface area (Å²) < 4.78 is 13.6. The summed E-state index contributed by atoms with van der Waals surface area (Å²) >= 11 is 0. The Balaban J connectivity index is 1.66. The SMILES string of the molecule is CC(=O)N(Cc1cncnc1)[C@H]1CCCN(Cc2cc(F)ccc2C#N)CC1. The number of nitrogens with zero attached hydrogens (tertiary/aromatic N) is 5. The van der Waals surface area contributed by atoms with Crippen LogP contribution in [-0.2, 0) is 17.9 Å². The van der Waals surface area contributed by atoms with Crippen LogP contribution in [0, 0.1) is 17.1 Å². The molecular formula is C21H24FN5O. The van der Waals surface area contributed by atoms with Crippen LogP contribution in [0.25, 0.3) is 0 Å². The highest BCUT2D eigenvalue weighted by atomic mass is 19.1. The summed E-state index contributed by atoms with van der Waals surface area (Å²) in [6, 6.07) is 6.58. The smallest absolute Gasteiger partial charge is 0.219 e. The first-order valence-electron chi connectivity index (χ1n) is 9.49. The highest BCUT2D eigenvalue weighted by molar-refractivity contribution is 5.73. The van der Waals surface area contributed by atoms with Crippen molar-refractivity contribution < 1.29 is 9.18 Å². The van der Waals surface area contributed by atoms with E-state index in [4.69, 9.17) is 0 Å². The molecule has 2 aromatic rings. The quantitative estimate of drug-likeness (QED) is 0.796. The van der Waals surface area contributed by atoms with Gasteiger partial charge in [-0.25, -0.2) is 14.4 Å². The summed E-state index contributed by atoms with van der Waals surface area (Å²) in [7, 11) is 0. The Kier molecular flexibility index (Phi) is 6.66. The molecular weight excluding hydrogens is 357 g/mol. The van der Waals surface area contributed by atoms with Gasteiger partial charge in [-0.3, -0.25) is 9.69 Å². The van der Waals surface area contributed by atoms with Gasteiger partial charge in [0.05, 0.1) is 11.6 Å². The molecule has 1 aromatic heterocycles. The number of benzene rings is 1. The van der Waals surface area contributed by atoms with Crippen LogP contribution in [0.5, 0.6) is 0 Å². The first-order chi connectivity index (χ1) is 13.6. The Morgan fingerprint density at radius 1 is 1.32 bits per heavy atom. The van der Waals surface area contributed by atoms with Gasteiger partial charge in [0.25, 0.3) is 0 Å². The third-order valence-corrected chi connectivity index (χ3v) is 5.18. The molecule has 0 spiro atoms. The number of hydrogen-bond donors (Lipinski definition) is 0. The van der Waals surface area contributed by atoms with Crippen molar-refractivity contribution in [2.45, 2.75) is 45.3 Å². The lowest BCUT2D eigenvalue weighted by Gasteiger charge is -2.30. The zero-order chi connectivity index (χ0) is 19.9. The lowest BCUT2D eigenvalue weighted by Crippen LogP contribution is -2.39. The zero-order valence-corrected chi connectivity index (χ0v) is 16.0. The fourth-order valence-corrected chi connectivity index (χ4v) is 3.76. The molecule has 3 rings (SSSR count). The van der Waals surface area contributed by atoms with Crippen molar-refractivity contribution in [3.8, 4) is 6.07 Å². The number of rotatable bonds is 5. The Morgan fingerprint density at radius 2 is 2.11 bits per heavy atom.